The first-order chi connectivity index (χ1) is 9.70. The molecule has 1 saturated heterocycles. The Morgan fingerprint density at radius 3 is 2.67 bits per heavy atom. The summed E-state index contributed by atoms with van der Waals surface area (Å²) in [5.41, 5.74) is 10.3. The van der Waals surface area contributed by atoms with E-state index in [2.05, 4.69) is 23.2 Å². The highest BCUT2D eigenvalue weighted by molar-refractivity contribution is 5.85. The molecule has 1 aliphatic heterocycles. The molecule has 0 amide bonds. The van der Waals surface area contributed by atoms with Gasteiger partial charge in [-0.05, 0) is 63.0 Å². The molecule has 0 aliphatic carbocycles. The molecule has 0 saturated carbocycles. The van der Waals surface area contributed by atoms with E-state index >= 15 is 0 Å². The van der Waals surface area contributed by atoms with Crippen LogP contribution in [0, 0.1) is 6.92 Å². The van der Waals surface area contributed by atoms with Crippen LogP contribution in [0.1, 0.15) is 30.9 Å². The van der Waals surface area contributed by atoms with Crippen LogP contribution < -0.4 is 11.1 Å². The highest BCUT2D eigenvalue weighted by atomic mass is 35.5. The lowest BCUT2D eigenvalue weighted by molar-refractivity contribution is 0.134. The molecule has 2 rings (SSSR count). The highest BCUT2D eigenvalue weighted by Gasteiger charge is 2.11. The van der Waals surface area contributed by atoms with Crippen LogP contribution in [0.5, 0.6) is 0 Å². The van der Waals surface area contributed by atoms with E-state index in [1.54, 1.807) is 0 Å². The summed E-state index contributed by atoms with van der Waals surface area (Å²) in [6, 6.07) is 4.17. The molecule has 0 atom stereocenters. The summed E-state index contributed by atoms with van der Waals surface area (Å²) in [5, 5.41) is 3.52. The van der Waals surface area contributed by atoms with Gasteiger partial charge < -0.3 is 20.7 Å². The summed E-state index contributed by atoms with van der Waals surface area (Å²) in [7, 11) is 0. The van der Waals surface area contributed by atoms with Crippen LogP contribution >= 0.6 is 12.4 Å². The zero-order valence-corrected chi connectivity index (χ0v) is 14.0. The van der Waals surface area contributed by atoms with Crippen molar-refractivity contribution in [2.24, 2.45) is 0 Å². The highest BCUT2D eigenvalue weighted by Crippen LogP contribution is 2.24. The van der Waals surface area contributed by atoms with Crippen molar-refractivity contribution in [2.75, 3.05) is 43.8 Å². The molecule has 1 aromatic rings. The van der Waals surface area contributed by atoms with Crippen LogP contribution in [0.4, 0.5) is 11.4 Å². The maximum absolute atomic E-state index is 6.08. The molecule has 1 fully saturated rings. The molecular weight excluding hydrogens is 286 g/mol. The molecule has 4 nitrogen and oxygen atoms in total. The Morgan fingerprint density at radius 2 is 2.00 bits per heavy atom. The zero-order chi connectivity index (χ0) is 14.4. The van der Waals surface area contributed by atoms with E-state index in [0.717, 1.165) is 42.2 Å². The second kappa shape index (κ2) is 9.13. The number of ether oxygens (including phenoxy) is 1. The fourth-order valence-electron chi connectivity index (χ4n) is 2.64. The number of nitrogens with two attached hydrogens (primary N) is 1. The fourth-order valence-corrected chi connectivity index (χ4v) is 2.64. The lowest BCUT2D eigenvalue weighted by Gasteiger charge is -2.18. The third-order valence-electron chi connectivity index (χ3n) is 3.92. The average Bonchev–Trinajstić information content (AvgIpc) is 2.94. The second-order valence-corrected chi connectivity index (χ2v) is 5.47. The van der Waals surface area contributed by atoms with Crippen molar-refractivity contribution in [2.45, 2.75) is 33.3 Å². The van der Waals surface area contributed by atoms with Gasteiger partial charge in [0.2, 0.25) is 0 Å². The minimum atomic E-state index is 0. The van der Waals surface area contributed by atoms with Gasteiger partial charge in [0.15, 0.2) is 0 Å². The van der Waals surface area contributed by atoms with Gasteiger partial charge in [-0.3, -0.25) is 0 Å². The normalized spacial score (nSPS) is 15.0. The Kier molecular flexibility index (Phi) is 7.86. The Hall–Kier alpha value is -0.970. The zero-order valence-electron chi connectivity index (χ0n) is 13.2. The van der Waals surface area contributed by atoms with E-state index in [0.29, 0.717) is 6.61 Å². The lowest BCUT2D eigenvalue weighted by atomic mass is 10.1. The van der Waals surface area contributed by atoms with Gasteiger partial charge in [0.05, 0.1) is 6.61 Å². The van der Waals surface area contributed by atoms with Gasteiger partial charge in [-0.15, -0.1) is 12.4 Å². The molecule has 3 N–H and O–H groups in total. The van der Waals surface area contributed by atoms with Crippen LogP contribution in [0.2, 0.25) is 0 Å². The molecular formula is C16H28ClN3O. The maximum atomic E-state index is 6.08. The van der Waals surface area contributed by atoms with Crippen molar-refractivity contribution in [3.8, 4) is 0 Å². The monoisotopic (exact) mass is 313 g/mol. The maximum Gasteiger partial charge on any atom is 0.0718 e. The van der Waals surface area contributed by atoms with Gasteiger partial charge in [-0.2, -0.15) is 0 Å². The number of nitrogens with one attached hydrogen (secondary N) is 1. The number of hydrogen-bond donors (Lipinski definition) is 2. The Morgan fingerprint density at radius 1 is 1.29 bits per heavy atom. The number of hydrogen-bond acceptors (Lipinski definition) is 4. The number of anilines is 2. The summed E-state index contributed by atoms with van der Waals surface area (Å²) in [6.07, 6.45) is 2.69. The van der Waals surface area contributed by atoms with Crippen molar-refractivity contribution in [1.29, 1.82) is 0 Å². The molecule has 0 unspecified atom stereocenters. The van der Waals surface area contributed by atoms with Crippen molar-refractivity contribution >= 4 is 23.8 Å². The van der Waals surface area contributed by atoms with Crippen molar-refractivity contribution in [1.82, 2.24) is 4.90 Å². The quantitative estimate of drug-likeness (QED) is 0.760. The van der Waals surface area contributed by atoms with Gasteiger partial charge >= 0.3 is 0 Å². The molecule has 1 aliphatic rings. The SMILES string of the molecule is CCOCc1cc(N)c(C)c(NCCN2CCCC2)c1.Cl. The van der Waals surface area contributed by atoms with E-state index in [1.165, 1.54) is 25.9 Å². The molecule has 120 valence electrons. The van der Waals surface area contributed by atoms with Gasteiger partial charge in [-0.1, -0.05) is 0 Å². The van der Waals surface area contributed by atoms with Gasteiger partial charge in [0.25, 0.3) is 0 Å². The number of nitrogens with zero attached hydrogens (tertiary/aromatic N) is 1. The van der Waals surface area contributed by atoms with Crippen molar-refractivity contribution < 1.29 is 4.74 Å². The first-order valence-corrected chi connectivity index (χ1v) is 7.63. The van der Waals surface area contributed by atoms with E-state index in [9.17, 15) is 0 Å². The predicted molar refractivity (Wildman–Crippen MR) is 92.3 cm³/mol. The number of benzene rings is 1. The van der Waals surface area contributed by atoms with E-state index in [-0.39, 0.29) is 12.4 Å². The van der Waals surface area contributed by atoms with Gasteiger partial charge in [0.1, 0.15) is 0 Å². The Bertz CT molecular complexity index is 434. The van der Waals surface area contributed by atoms with E-state index in [1.807, 2.05) is 13.0 Å². The van der Waals surface area contributed by atoms with Gasteiger partial charge in [0, 0.05) is 31.1 Å². The standard InChI is InChI=1S/C16H27N3O.ClH/c1-3-20-12-14-10-15(17)13(2)16(11-14)18-6-9-19-7-4-5-8-19;/h10-11,18H,3-9,12,17H2,1-2H3;1H. The number of rotatable bonds is 7. The second-order valence-electron chi connectivity index (χ2n) is 5.47. The number of halogens is 1. The fraction of sp³-hybridized carbons (Fsp3) is 0.625. The molecule has 0 aromatic heterocycles. The molecule has 0 spiro atoms. The molecule has 0 bridgehead atoms. The molecule has 1 heterocycles. The van der Waals surface area contributed by atoms with Crippen molar-refractivity contribution in [3.05, 3.63) is 23.3 Å². The summed E-state index contributed by atoms with van der Waals surface area (Å²) < 4.78 is 5.46. The average molecular weight is 314 g/mol. The molecule has 21 heavy (non-hydrogen) atoms. The smallest absolute Gasteiger partial charge is 0.0718 e. The first-order valence-electron chi connectivity index (χ1n) is 7.63. The largest absolute Gasteiger partial charge is 0.398 e. The third-order valence-corrected chi connectivity index (χ3v) is 3.92. The van der Waals surface area contributed by atoms with E-state index in [4.69, 9.17) is 10.5 Å². The molecule has 0 radical (unpaired) electrons. The minimum absolute atomic E-state index is 0. The third kappa shape index (κ3) is 5.38. The van der Waals surface area contributed by atoms with Crippen LogP contribution in [0.3, 0.4) is 0 Å². The predicted octanol–water partition coefficient (Wildman–Crippen LogP) is 3.04. The number of nitrogen functional groups attached to an aromatic ring is 1. The van der Waals surface area contributed by atoms with Crippen molar-refractivity contribution in [3.63, 3.8) is 0 Å². The first kappa shape index (κ1) is 18.1. The summed E-state index contributed by atoms with van der Waals surface area (Å²) in [6.45, 7) is 9.99. The molecule has 1 aromatic carbocycles. The van der Waals surface area contributed by atoms with Crippen LogP contribution in [-0.2, 0) is 11.3 Å². The van der Waals surface area contributed by atoms with Crippen LogP contribution in [-0.4, -0.2) is 37.7 Å². The Balaban J connectivity index is 0.00000220. The van der Waals surface area contributed by atoms with Crippen LogP contribution in [0.15, 0.2) is 12.1 Å². The van der Waals surface area contributed by atoms with Gasteiger partial charge in [-0.25, -0.2) is 0 Å². The summed E-state index contributed by atoms with van der Waals surface area (Å²) in [4.78, 5) is 2.51. The molecule has 5 heteroatoms. The number of likely N-dealkylation sites (tertiary alicyclic amines) is 1. The summed E-state index contributed by atoms with van der Waals surface area (Å²) >= 11 is 0. The Labute approximate surface area is 134 Å². The van der Waals surface area contributed by atoms with E-state index < -0.39 is 0 Å². The van der Waals surface area contributed by atoms with Crippen LogP contribution in [0.25, 0.3) is 0 Å². The summed E-state index contributed by atoms with van der Waals surface area (Å²) in [5.74, 6) is 0. The minimum Gasteiger partial charge on any atom is -0.398 e. The lowest BCUT2D eigenvalue weighted by Crippen LogP contribution is -2.26. The topological polar surface area (TPSA) is 50.5 Å².